The molecular weight excluding hydrogens is 304 g/mol. The van der Waals surface area contributed by atoms with E-state index in [0.717, 1.165) is 21.6 Å². The van der Waals surface area contributed by atoms with Crippen LogP contribution in [-0.2, 0) is 16.6 Å². The third kappa shape index (κ3) is 3.45. The molecule has 2 aromatic rings. The molecule has 0 aliphatic rings. The molecule has 4 nitrogen and oxygen atoms in total. The number of anilines is 1. The summed E-state index contributed by atoms with van der Waals surface area (Å²) in [6, 6.07) is 5.74. The molecule has 0 aliphatic heterocycles. The van der Waals surface area contributed by atoms with Gasteiger partial charge in [0.05, 0.1) is 5.69 Å². The van der Waals surface area contributed by atoms with Gasteiger partial charge < -0.3 is 5.32 Å². The first-order valence-corrected chi connectivity index (χ1v) is 9.03. The van der Waals surface area contributed by atoms with Crippen LogP contribution in [-0.4, -0.2) is 15.5 Å². The minimum Gasteiger partial charge on any atom is -0.315 e. The molecule has 0 unspecified atom stereocenters. The van der Waals surface area contributed by atoms with Crippen molar-refractivity contribution in [2.75, 3.05) is 11.8 Å². The fourth-order valence-corrected chi connectivity index (χ4v) is 5.12. The fraction of sp³-hybridized carbons (Fsp3) is 0.333. The zero-order chi connectivity index (χ0) is 15.6. The first kappa shape index (κ1) is 16.0. The number of aryl methyl sites for hydroxylation is 3. The van der Waals surface area contributed by atoms with Gasteiger partial charge in [-0.25, -0.2) is 8.42 Å². The van der Waals surface area contributed by atoms with Crippen LogP contribution in [0.25, 0.3) is 0 Å². The SMILES string of the molecule is CNCc1scc(C)c1S(=O)(=O)Nc1cc(C)ccc1C. The summed E-state index contributed by atoms with van der Waals surface area (Å²) in [6.07, 6.45) is 0. The standard InChI is InChI=1S/C15H20N2O2S2/c1-10-5-6-11(2)13(7-10)17-21(18,19)15-12(3)9-20-14(15)8-16-4/h5-7,9,16-17H,8H2,1-4H3. The Morgan fingerprint density at radius 1 is 1.14 bits per heavy atom. The van der Waals surface area contributed by atoms with Crippen LogP contribution in [0.2, 0.25) is 0 Å². The van der Waals surface area contributed by atoms with Crippen LogP contribution in [0.15, 0.2) is 28.5 Å². The van der Waals surface area contributed by atoms with Crippen LogP contribution < -0.4 is 10.0 Å². The first-order chi connectivity index (χ1) is 9.85. The molecule has 1 heterocycles. The van der Waals surface area contributed by atoms with Crippen LogP contribution in [0.1, 0.15) is 21.6 Å². The van der Waals surface area contributed by atoms with Gasteiger partial charge in [-0.05, 0) is 56.0 Å². The topological polar surface area (TPSA) is 58.2 Å². The van der Waals surface area contributed by atoms with E-state index >= 15 is 0 Å². The van der Waals surface area contributed by atoms with Crippen molar-refractivity contribution < 1.29 is 8.42 Å². The highest BCUT2D eigenvalue weighted by atomic mass is 32.2. The Hall–Kier alpha value is -1.37. The molecule has 0 aliphatic carbocycles. The summed E-state index contributed by atoms with van der Waals surface area (Å²) in [5, 5.41) is 4.89. The zero-order valence-electron chi connectivity index (χ0n) is 12.6. The summed E-state index contributed by atoms with van der Waals surface area (Å²) in [5.41, 5.74) is 3.35. The predicted octanol–water partition coefficient (Wildman–Crippen LogP) is 3.19. The third-order valence-corrected chi connectivity index (χ3v) is 6.06. The van der Waals surface area contributed by atoms with Gasteiger partial charge in [0, 0.05) is 11.4 Å². The Bertz CT molecular complexity index is 749. The highest BCUT2D eigenvalue weighted by Gasteiger charge is 2.23. The molecule has 0 radical (unpaired) electrons. The van der Waals surface area contributed by atoms with E-state index in [2.05, 4.69) is 10.0 Å². The van der Waals surface area contributed by atoms with Crippen molar-refractivity contribution in [1.82, 2.24) is 5.32 Å². The summed E-state index contributed by atoms with van der Waals surface area (Å²) < 4.78 is 28.1. The molecule has 0 saturated carbocycles. The van der Waals surface area contributed by atoms with Crippen molar-refractivity contribution in [2.45, 2.75) is 32.2 Å². The predicted molar refractivity (Wildman–Crippen MR) is 88.5 cm³/mol. The molecule has 2 N–H and O–H groups in total. The molecule has 1 aromatic heterocycles. The lowest BCUT2D eigenvalue weighted by atomic mass is 10.1. The van der Waals surface area contributed by atoms with Gasteiger partial charge in [0.25, 0.3) is 10.0 Å². The molecule has 0 bridgehead atoms. The van der Waals surface area contributed by atoms with Crippen molar-refractivity contribution in [2.24, 2.45) is 0 Å². The lowest BCUT2D eigenvalue weighted by Crippen LogP contribution is -2.17. The van der Waals surface area contributed by atoms with Crippen LogP contribution in [0, 0.1) is 20.8 Å². The monoisotopic (exact) mass is 324 g/mol. The molecule has 1 aromatic carbocycles. The molecule has 6 heteroatoms. The van der Waals surface area contributed by atoms with Gasteiger partial charge >= 0.3 is 0 Å². The van der Waals surface area contributed by atoms with Gasteiger partial charge in [0.15, 0.2) is 0 Å². The van der Waals surface area contributed by atoms with Gasteiger partial charge in [-0.15, -0.1) is 11.3 Å². The summed E-state index contributed by atoms with van der Waals surface area (Å²) >= 11 is 1.46. The number of hydrogen-bond acceptors (Lipinski definition) is 4. The summed E-state index contributed by atoms with van der Waals surface area (Å²) in [6.45, 7) is 6.21. The van der Waals surface area contributed by atoms with Crippen LogP contribution in [0.5, 0.6) is 0 Å². The lowest BCUT2D eigenvalue weighted by molar-refractivity contribution is 0.599. The Morgan fingerprint density at radius 3 is 2.52 bits per heavy atom. The van der Waals surface area contributed by atoms with E-state index in [-0.39, 0.29) is 0 Å². The molecule has 0 spiro atoms. The minimum absolute atomic E-state index is 0.391. The Balaban J connectivity index is 2.43. The maximum atomic E-state index is 12.7. The van der Waals surface area contributed by atoms with E-state index in [1.807, 2.05) is 51.4 Å². The Morgan fingerprint density at radius 2 is 1.86 bits per heavy atom. The number of thiophene rings is 1. The second kappa shape index (κ2) is 6.17. The molecule has 21 heavy (non-hydrogen) atoms. The van der Waals surface area contributed by atoms with Crippen molar-refractivity contribution in [3.63, 3.8) is 0 Å². The summed E-state index contributed by atoms with van der Waals surface area (Å²) in [4.78, 5) is 1.22. The molecular formula is C15H20N2O2S2. The van der Waals surface area contributed by atoms with E-state index in [1.54, 1.807) is 0 Å². The first-order valence-electron chi connectivity index (χ1n) is 6.67. The van der Waals surface area contributed by atoms with Crippen molar-refractivity contribution in [3.8, 4) is 0 Å². The van der Waals surface area contributed by atoms with Gasteiger partial charge in [-0.1, -0.05) is 12.1 Å². The van der Waals surface area contributed by atoms with Crippen molar-refractivity contribution in [3.05, 3.63) is 45.1 Å². The second-order valence-corrected chi connectivity index (χ2v) is 7.71. The number of rotatable bonds is 5. The van der Waals surface area contributed by atoms with Crippen LogP contribution >= 0.6 is 11.3 Å². The molecule has 0 amide bonds. The quantitative estimate of drug-likeness (QED) is 0.888. The highest BCUT2D eigenvalue weighted by molar-refractivity contribution is 7.93. The summed E-state index contributed by atoms with van der Waals surface area (Å²) in [5.74, 6) is 0. The largest absolute Gasteiger partial charge is 0.315 e. The number of nitrogens with one attached hydrogen (secondary N) is 2. The lowest BCUT2D eigenvalue weighted by Gasteiger charge is -2.13. The van der Waals surface area contributed by atoms with E-state index in [0.29, 0.717) is 17.1 Å². The molecule has 2 rings (SSSR count). The van der Waals surface area contributed by atoms with Crippen LogP contribution in [0.3, 0.4) is 0 Å². The normalized spacial score (nSPS) is 11.6. The molecule has 0 atom stereocenters. The number of sulfonamides is 1. The summed E-state index contributed by atoms with van der Waals surface area (Å²) in [7, 11) is -1.76. The van der Waals surface area contributed by atoms with E-state index in [9.17, 15) is 8.42 Å². The van der Waals surface area contributed by atoms with E-state index in [4.69, 9.17) is 0 Å². The van der Waals surface area contributed by atoms with Gasteiger partial charge in [0.2, 0.25) is 0 Å². The Labute approximate surface area is 130 Å². The van der Waals surface area contributed by atoms with Crippen LogP contribution in [0.4, 0.5) is 5.69 Å². The van der Waals surface area contributed by atoms with Gasteiger partial charge in [-0.3, -0.25) is 4.72 Å². The van der Waals surface area contributed by atoms with Gasteiger partial charge in [-0.2, -0.15) is 0 Å². The number of benzene rings is 1. The maximum absolute atomic E-state index is 12.7. The van der Waals surface area contributed by atoms with E-state index in [1.165, 1.54) is 11.3 Å². The Kier molecular flexibility index (Phi) is 4.70. The third-order valence-electron chi connectivity index (χ3n) is 3.23. The van der Waals surface area contributed by atoms with Crippen molar-refractivity contribution in [1.29, 1.82) is 0 Å². The average Bonchev–Trinajstić information content (AvgIpc) is 2.76. The molecule has 0 fully saturated rings. The van der Waals surface area contributed by atoms with E-state index < -0.39 is 10.0 Å². The fourth-order valence-electron chi connectivity index (χ4n) is 2.17. The minimum atomic E-state index is -3.57. The zero-order valence-corrected chi connectivity index (χ0v) is 14.3. The average molecular weight is 324 g/mol. The molecule has 0 saturated heterocycles. The number of hydrogen-bond donors (Lipinski definition) is 2. The smallest absolute Gasteiger partial charge is 0.263 e. The van der Waals surface area contributed by atoms with Crippen molar-refractivity contribution >= 4 is 27.0 Å². The van der Waals surface area contributed by atoms with Gasteiger partial charge in [0.1, 0.15) is 4.90 Å². The highest BCUT2D eigenvalue weighted by Crippen LogP contribution is 2.29. The molecule has 114 valence electrons. The second-order valence-electron chi connectivity index (χ2n) is 5.13. The maximum Gasteiger partial charge on any atom is 0.263 e.